The van der Waals surface area contributed by atoms with Crippen molar-refractivity contribution in [1.82, 2.24) is 9.78 Å². The number of ketones is 2. The van der Waals surface area contributed by atoms with Crippen LogP contribution in [-0.4, -0.2) is 27.6 Å². The smallest absolute Gasteiger partial charge is 0.436 e. The van der Waals surface area contributed by atoms with Crippen LogP contribution in [0.1, 0.15) is 52.9 Å². The van der Waals surface area contributed by atoms with Crippen LogP contribution in [0, 0.1) is 0 Å². The molecular formula is C19H17F3N2O4. The molecule has 0 bridgehead atoms. The maximum absolute atomic E-state index is 13.0. The van der Waals surface area contributed by atoms with Crippen LogP contribution in [-0.2, 0) is 29.2 Å². The van der Waals surface area contributed by atoms with E-state index >= 15 is 0 Å². The van der Waals surface area contributed by atoms with Gasteiger partial charge in [0.2, 0.25) is 5.88 Å². The maximum atomic E-state index is 13.0. The summed E-state index contributed by atoms with van der Waals surface area (Å²) in [5.41, 5.74) is -0.760. The molecule has 0 aliphatic heterocycles. The second kappa shape index (κ2) is 7.21. The molecule has 6 nitrogen and oxygen atoms in total. The van der Waals surface area contributed by atoms with Gasteiger partial charge in [0.25, 0.3) is 0 Å². The molecule has 1 saturated carbocycles. The van der Waals surface area contributed by atoms with Crippen molar-refractivity contribution < 1.29 is 32.3 Å². The van der Waals surface area contributed by atoms with E-state index in [1.807, 2.05) is 6.92 Å². The van der Waals surface area contributed by atoms with Gasteiger partial charge in [-0.2, -0.15) is 18.3 Å². The molecular weight excluding hydrogens is 377 g/mol. The molecule has 28 heavy (non-hydrogen) atoms. The summed E-state index contributed by atoms with van der Waals surface area (Å²) in [6.07, 6.45) is -3.83. The molecule has 1 aromatic heterocycles. The van der Waals surface area contributed by atoms with Crippen LogP contribution in [0.5, 0.6) is 11.6 Å². The molecule has 148 valence electrons. The van der Waals surface area contributed by atoms with Gasteiger partial charge in [-0.05, 0) is 29.7 Å². The Morgan fingerprint density at radius 1 is 1.25 bits per heavy atom. The molecule has 0 N–H and O–H groups in total. The Balaban J connectivity index is 1.99. The first kappa shape index (κ1) is 19.8. The summed E-state index contributed by atoms with van der Waals surface area (Å²) in [5.74, 6) is -1.25. The van der Waals surface area contributed by atoms with Crippen molar-refractivity contribution in [2.75, 3.05) is 0 Å². The average Bonchev–Trinajstić information content (AvgIpc) is 3.14. The molecule has 0 atom stereocenters. The lowest BCUT2D eigenvalue weighted by Gasteiger charge is -2.15. The number of benzene rings is 1. The third kappa shape index (κ3) is 3.44. The molecule has 1 aromatic carbocycles. The fraction of sp³-hybridized carbons (Fsp3) is 0.368. The van der Waals surface area contributed by atoms with E-state index in [0.29, 0.717) is 17.5 Å². The van der Waals surface area contributed by atoms with E-state index in [9.17, 15) is 27.6 Å². The number of aryl methyl sites for hydroxylation is 2. The topological polar surface area (TPSA) is 78.3 Å². The Labute approximate surface area is 158 Å². The van der Waals surface area contributed by atoms with Gasteiger partial charge in [-0.1, -0.05) is 13.0 Å². The molecule has 0 radical (unpaired) electrons. The molecule has 1 heterocycles. The fourth-order valence-electron chi connectivity index (χ4n) is 3.37. The third-order valence-electron chi connectivity index (χ3n) is 4.70. The molecule has 3 rings (SSSR count). The van der Waals surface area contributed by atoms with E-state index in [4.69, 9.17) is 4.74 Å². The Bertz CT molecular complexity index is 947. The van der Waals surface area contributed by atoms with Crippen molar-refractivity contribution in [3.8, 4) is 11.6 Å². The number of halogens is 3. The minimum absolute atomic E-state index is 0.0517. The first-order valence-electron chi connectivity index (χ1n) is 8.62. The number of Topliss-reactive ketones (excluding diaryl/α,β-unsaturated/α-hetero) is 2. The van der Waals surface area contributed by atoms with Crippen molar-refractivity contribution in [3.05, 3.63) is 40.6 Å². The lowest BCUT2D eigenvalue weighted by Crippen LogP contribution is -2.14. The van der Waals surface area contributed by atoms with Gasteiger partial charge in [-0.3, -0.25) is 14.4 Å². The summed E-state index contributed by atoms with van der Waals surface area (Å²) in [4.78, 5) is 35.3. The van der Waals surface area contributed by atoms with Crippen LogP contribution in [0.15, 0.2) is 18.2 Å². The van der Waals surface area contributed by atoms with Gasteiger partial charge < -0.3 is 4.74 Å². The van der Waals surface area contributed by atoms with E-state index in [0.717, 1.165) is 4.68 Å². The van der Waals surface area contributed by atoms with E-state index < -0.39 is 23.4 Å². The van der Waals surface area contributed by atoms with E-state index in [-0.39, 0.29) is 42.3 Å². The summed E-state index contributed by atoms with van der Waals surface area (Å²) < 4.78 is 45.5. The van der Waals surface area contributed by atoms with Crippen molar-refractivity contribution >= 4 is 17.9 Å². The Morgan fingerprint density at radius 3 is 2.43 bits per heavy atom. The summed E-state index contributed by atoms with van der Waals surface area (Å²) in [6.45, 7) is 1.83. The number of hydrogen-bond donors (Lipinski definition) is 0. The van der Waals surface area contributed by atoms with Crippen LogP contribution in [0.3, 0.4) is 0 Å². The number of aromatic nitrogens is 2. The molecule has 0 spiro atoms. The van der Waals surface area contributed by atoms with Gasteiger partial charge >= 0.3 is 6.18 Å². The number of carbonyl (C=O) groups excluding carboxylic acids is 3. The van der Waals surface area contributed by atoms with Gasteiger partial charge in [0.05, 0.1) is 0 Å². The minimum atomic E-state index is -4.79. The summed E-state index contributed by atoms with van der Waals surface area (Å²) in [7, 11) is 1.24. The van der Waals surface area contributed by atoms with Crippen molar-refractivity contribution in [2.45, 2.75) is 38.3 Å². The Kier molecular flexibility index (Phi) is 5.10. The second-order valence-corrected chi connectivity index (χ2v) is 6.49. The normalized spacial score (nSPS) is 15.3. The zero-order valence-corrected chi connectivity index (χ0v) is 15.2. The average molecular weight is 394 g/mol. The molecule has 2 aromatic rings. The zero-order valence-electron chi connectivity index (χ0n) is 15.2. The third-order valence-corrected chi connectivity index (χ3v) is 4.70. The van der Waals surface area contributed by atoms with E-state index in [1.165, 1.54) is 13.1 Å². The van der Waals surface area contributed by atoms with Gasteiger partial charge in [-0.25, -0.2) is 4.68 Å². The van der Waals surface area contributed by atoms with Gasteiger partial charge in [-0.15, -0.1) is 0 Å². The van der Waals surface area contributed by atoms with Crippen LogP contribution < -0.4 is 4.74 Å². The maximum Gasteiger partial charge on any atom is 0.436 e. The number of nitrogens with zero attached hydrogens (tertiary/aromatic N) is 2. The van der Waals surface area contributed by atoms with Crippen molar-refractivity contribution in [2.24, 2.45) is 7.05 Å². The van der Waals surface area contributed by atoms with Crippen LogP contribution in [0.25, 0.3) is 0 Å². The number of alkyl halides is 3. The molecule has 0 unspecified atom stereocenters. The quantitative estimate of drug-likeness (QED) is 0.572. The molecule has 0 amide bonds. The Morgan fingerprint density at radius 2 is 1.89 bits per heavy atom. The molecule has 1 aliphatic carbocycles. The SMILES string of the molecule is CCc1cc(Oc2c(C=O)c(C(F)(F)F)nn2C)ccc1C1C(=O)CCC1=O. The van der Waals surface area contributed by atoms with Gasteiger partial charge in [0, 0.05) is 19.9 Å². The van der Waals surface area contributed by atoms with Crippen LogP contribution in [0.4, 0.5) is 13.2 Å². The molecule has 0 saturated heterocycles. The zero-order chi connectivity index (χ0) is 20.6. The first-order valence-corrected chi connectivity index (χ1v) is 8.62. The highest BCUT2D eigenvalue weighted by Crippen LogP contribution is 2.37. The lowest BCUT2D eigenvalue weighted by atomic mass is 9.90. The fourth-order valence-corrected chi connectivity index (χ4v) is 3.37. The summed E-state index contributed by atoms with van der Waals surface area (Å²) in [6, 6.07) is 4.59. The number of rotatable bonds is 5. The van der Waals surface area contributed by atoms with Crippen LogP contribution in [0.2, 0.25) is 0 Å². The van der Waals surface area contributed by atoms with Crippen LogP contribution >= 0.6 is 0 Å². The largest absolute Gasteiger partial charge is 0.439 e. The van der Waals surface area contributed by atoms with Crippen molar-refractivity contribution in [3.63, 3.8) is 0 Å². The first-order chi connectivity index (χ1) is 13.2. The molecule has 1 aliphatic rings. The molecule has 1 fully saturated rings. The predicted molar refractivity (Wildman–Crippen MR) is 91.5 cm³/mol. The monoisotopic (exact) mass is 394 g/mol. The van der Waals surface area contributed by atoms with Gasteiger partial charge in [0.15, 0.2) is 12.0 Å². The second-order valence-electron chi connectivity index (χ2n) is 6.49. The Hall–Kier alpha value is -2.97. The van der Waals surface area contributed by atoms with E-state index in [1.54, 1.807) is 12.1 Å². The summed E-state index contributed by atoms with van der Waals surface area (Å²) >= 11 is 0. The van der Waals surface area contributed by atoms with E-state index in [2.05, 4.69) is 5.10 Å². The number of ether oxygens (including phenoxy) is 1. The number of hydrogen-bond acceptors (Lipinski definition) is 5. The summed E-state index contributed by atoms with van der Waals surface area (Å²) in [5, 5.41) is 3.34. The minimum Gasteiger partial charge on any atom is -0.439 e. The highest BCUT2D eigenvalue weighted by molar-refractivity contribution is 6.13. The predicted octanol–water partition coefficient (Wildman–Crippen LogP) is 3.62. The number of aldehydes is 1. The van der Waals surface area contributed by atoms with Gasteiger partial charge in [0.1, 0.15) is 28.8 Å². The highest BCUT2D eigenvalue weighted by Gasteiger charge is 2.40. The van der Waals surface area contributed by atoms with Crippen molar-refractivity contribution in [1.29, 1.82) is 0 Å². The lowest BCUT2D eigenvalue weighted by molar-refractivity contribution is -0.141. The molecule has 9 heteroatoms. The standard InChI is InChI=1S/C19H17F3N2O4/c1-3-10-8-11(4-5-12(10)16-14(26)6-7-15(16)27)28-18-13(9-25)17(19(20,21)22)23-24(18)2/h4-5,8-9,16H,3,6-7H2,1-2H3. The highest BCUT2D eigenvalue weighted by atomic mass is 19.4. The number of carbonyl (C=O) groups is 3.